The molecule has 0 spiro atoms. The van der Waals surface area contributed by atoms with Gasteiger partial charge in [-0.2, -0.15) is 0 Å². The molecule has 2 atom stereocenters. The summed E-state index contributed by atoms with van der Waals surface area (Å²) in [5.74, 6) is 1.57. The van der Waals surface area contributed by atoms with Crippen molar-refractivity contribution in [1.29, 1.82) is 0 Å². The Morgan fingerprint density at radius 2 is 2.15 bits per heavy atom. The fraction of sp³-hybridized carbons (Fsp3) is 0.500. The minimum absolute atomic E-state index is 0.149. The SMILES string of the molecule is CN1CC(CCC(Nc2cccc(SN)n2)c2ccccn2)CC1(C)C. The zero-order valence-electron chi connectivity index (χ0n) is 15.9. The van der Waals surface area contributed by atoms with Gasteiger partial charge in [0.05, 0.1) is 11.7 Å². The normalized spacial score (nSPS) is 20.8. The second-order valence-corrected chi connectivity index (χ2v) is 8.42. The summed E-state index contributed by atoms with van der Waals surface area (Å²) >= 11 is 1.17. The summed E-state index contributed by atoms with van der Waals surface area (Å²) in [7, 11) is 2.23. The Balaban J connectivity index is 1.70. The molecule has 0 aliphatic carbocycles. The Hall–Kier alpha value is -1.63. The van der Waals surface area contributed by atoms with Gasteiger partial charge in [0.15, 0.2) is 0 Å². The van der Waals surface area contributed by atoms with Gasteiger partial charge in [-0.1, -0.05) is 12.1 Å². The largest absolute Gasteiger partial charge is 0.362 e. The summed E-state index contributed by atoms with van der Waals surface area (Å²) in [4.78, 5) is 11.6. The molecule has 1 saturated heterocycles. The van der Waals surface area contributed by atoms with E-state index < -0.39 is 0 Å². The Morgan fingerprint density at radius 3 is 2.81 bits per heavy atom. The fourth-order valence-electron chi connectivity index (χ4n) is 3.77. The maximum Gasteiger partial charge on any atom is 0.127 e. The molecule has 1 fully saturated rings. The lowest BCUT2D eigenvalue weighted by molar-refractivity contribution is 0.218. The number of nitrogens with zero attached hydrogens (tertiary/aromatic N) is 3. The number of anilines is 1. The van der Waals surface area contributed by atoms with Gasteiger partial charge in [0.2, 0.25) is 0 Å². The molecule has 3 rings (SSSR count). The first-order chi connectivity index (χ1) is 12.5. The van der Waals surface area contributed by atoms with Gasteiger partial charge in [-0.05, 0) is 82.3 Å². The third-order valence-electron chi connectivity index (χ3n) is 5.43. The quantitative estimate of drug-likeness (QED) is 0.714. The van der Waals surface area contributed by atoms with Gasteiger partial charge >= 0.3 is 0 Å². The average molecular weight is 372 g/mol. The molecular weight excluding hydrogens is 342 g/mol. The number of likely N-dealkylation sites (tertiary alicyclic amines) is 1. The van der Waals surface area contributed by atoms with E-state index in [9.17, 15) is 0 Å². The van der Waals surface area contributed by atoms with Crippen LogP contribution in [-0.2, 0) is 0 Å². The molecule has 0 bridgehead atoms. The van der Waals surface area contributed by atoms with Crippen LogP contribution in [0, 0.1) is 5.92 Å². The van der Waals surface area contributed by atoms with E-state index in [1.807, 2.05) is 36.5 Å². The zero-order valence-corrected chi connectivity index (χ0v) is 16.7. The lowest BCUT2D eigenvalue weighted by atomic mass is 9.91. The van der Waals surface area contributed by atoms with Crippen molar-refractivity contribution in [2.75, 3.05) is 18.9 Å². The van der Waals surface area contributed by atoms with Crippen LogP contribution in [0.4, 0.5) is 5.82 Å². The molecule has 2 aromatic heterocycles. The summed E-state index contributed by atoms with van der Waals surface area (Å²) in [5.41, 5.74) is 1.36. The van der Waals surface area contributed by atoms with E-state index in [-0.39, 0.29) is 6.04 Å². The van der Waals surface area contributed by atoms with Crippen LogP contribution in [0.5, 0.6) is 0 Å². The molecule has 0 saturated carbocycles. The average Bonchev–Trinajstić information content (AvgIpc) is 2.91. The standard InChI is InChI=1S/C20H29N5S/c1-20(2)13-15(14-25(20)3)10-11-17(16-7-4-5-12-22-16)23-18-8-6-9-19(24-18)26-21/h4-9,12,15,17H,10-11,13-14,21H2,1-3H3,(H,23,24). The van der Waals surface area contributed by atoms with E-state index in [2.05, 4.69) is 47.1 Å². The molecule has 2 aromatic rings. The van der Waals surface area contributed by atoms with Gasteiger partial charge in [-0.3, -0.25) is 10.1 Å². The van der Waals surface area contributed by atoms with Crippen LogP contribution >= 0.6 is 11.9 Å². The Bertz CT molecular complexity index is 706. The first-order valence-corrected chi connectivity index (χ1v) is 10.1. The topological polar surface area (TPSA) is 67.1 Å². The van der Waals surface area contributed by atoms with Crippen molar-refractivity contribution in [3.05, 3.63) is 48.3 Å². The minimum atomic E-state index is 0.149. The molecule has 26 heavy (non-hydrogen) atoms. The molecule has 140 valence electrons. The first-order valence-electron chi connectivity index (χ1n) is 9.20. The van der Waals surface area contributed by atoms with Crippen molar-refractivity contribution in [3.63, 3.8) is 0 Å². The molecule has 3 N–H and O–H groups in total. The van der Waals surface area contributed by atoms with Gasteiger partial charge in [0.1, 0.15) is 10.8 Å². The number of nitrogens with one attached hydrogen (secondary N) is 1. The fourth-order valence-corrected chi connectivity index (χ4v) is 4.08. The number of aromatic nitrogens is 2. The van der Waals surface area contributed by atoms with Crippen molar-refractivity contribution in [1.82, 2.24) is 14.9 Å². The second kappa shape index (κ2) is 8.37. The summed E-state index contributed by atoms with van der Waals surface area (Å²) < 4.78 is 0. The van der Waals surface area contributed by atoms with E-state index in [4.69, 9.17) is 5.14 Å². The van der Waals surface area contributed by atoms with Crippen LogP contribution in [-0.4, -0.2) is 34.0 Å². The van der Waals surface area contributed by atoms with E-state index in [0.717, 1.165) is 28.9 Å². The molecule has 1 aliphatic heterocycles. The molecule has 0 amide bonds. The van der Waals surface area contributed by atoms with Gasteiger partial charge in [-0.15, -0.1) is 0 Å². The van der Waals surface area contributed by atoms with Crippen LogP contribution in [0.15, 0.2) is 47.6 Å². The predicted octanol–water partition coefficient (Wildman–Crippen LogP) is 4.11. The highest BCUT2D eigenvalue weighted by Crippen LogP contribution is 2.35. The van der Waals surface area contributed by atoms with Crippen molar-refractivity contribution < 1.29 is 0 Å². The number of nitrogens with two attached hydrogens (primary N) is 1. The Kier molecular flexibility index (Phi) is 6.16. The second-order valence-electron chi connectivity index (χ2n) is 7.77. The smallest absolute Gasteiger partial charge is 0.127 e. The van der Waals surface area contributed by atoms with Gasteiger partial charge in [0.25, 0.3) is 0 Å². The van der Waals surface area contributed by atoms with E-state index in [1.54, 1.807) is 0 Å². The third kappa shape index (κ3) is 4.75. The van der Waals surface area contributed by atoms with Gasteiger partial charge in [-0.25, -0.2) is 4.98 Å². The number of hydrogen-bond donors (Lipinski definition) is 2. The Morgan fingerprint density at radius 1 is 1.31 bits per heavy atom. The molecule has 1 aliphatic rings. The van der Waals surface area contributed by atoms with Crippen molar-refractivity contribution in [2.45, 2.75) is 49.7 Å². The number of pyridine rings is 2. The lowest BCUT2D eigenvalue weighted by Gasteiger charge is -2.26. The minimum Gasteiger partial charge on any atom is -0.362 e. The van der Waals surface area contributed by atoms with Crippen LogP contribution in [0.1, 0.15) is 44.8 Å². The van der Waals surface area contributed by atoms with Crippen molar-refractivity contribution in [2.24, 2.45) is 11.1 Å². The van der Waals surface area contributed by atoms with Crippen LogP contribution < -0.4 is 10.5 Å². The van der Waals surface area contributed by atoms with Crippen molar-refractivity contribution in [3.8, 4) is 0 Å². The van der Waals surface area contributed by atoms with Gasteiger partial charge in [0, 0.05) is 18.3 Å². The highest BCUT2D eigenvalue weighted by molar-refractivity contribution is 7.97. The summed E-state index contributed by atoms with van der Waals surface area (Å²) in [6, 6.07) is 12.1. The molecule has 5 nitrogen and oxygen atoms in total. The first kappa shape index (κ1) is 19.1. The van der Waals surface area contributed by atoms with Crippen LogP contribution in [0.25, 0.3) is 0 Å². The van der Waals surface area contributed by atoms with Gasteiger partial charge < -0.3 is 10.2 Å². The van der Waals surface area contributed by atoms with Crippen LogP contribution in [0.2, 0.25) is 0 Å². The molecule has 2 unspecified atom stereocenters. The molecule has 0 radical (unpaired) electrons. The molecule has 0 aromatic carbocycles. The van der Waals surface area contributed by atoms with Crippen molar-refractivity contribution >= 4 is 17.8 Å². The number of rotatable bonds is 7. The maximum atomic E-state index is 5.65. The molecular formula is C20H29N5S. The Labute approximate surface area is 160 Å². The summed E-state index contributed by atoms with van der Waals surface area (Å²) in [5, 5.41) is 10.0. The predicted molar refractivity (Wildman–Crippen MR) is 109 cm³/mol. The van der Waals surface area contributed by atoms with Crippen LogP contribution in [0.3, 0.4) is 0 Å². The van der Waals surface area contributed by atoms with E-state index >= 15 is 0 Å². The number of hydrogen-bond acceptors (Lipinski definition) is 6. The van der Waals surface area contributed by atoms with E-state index in [1.165, 1.54) is 31.3 Å². The zero-order chi connectivity index (χ0) is 18.6. The lowest BCUT2D eigenvalue weighted by Crippen LogP contribution is -2.34. The highest BCUT2D eigenvalue weighted by atomic mass is 32.2. The monoisotopic (exact) mass is 371 g/mol. The van der Waals surface area contributed by atoms with E-state index in [0.29, 0.717) is 5.54 Å². The highest BCUT2D eigenvalue weighted by Gasteiger charge is 2.35. The summed E-state index contributed by atoms with van der Waals surface area (Å²) in [6.07, 6.45) is 5.31. The molecule has 6 heteroatoms. The maximum absolute atomic E-state index is 5.65. The third-order valence-corrected chi connectivity index (χ3v) is 5.90. The summed E-state index contributed by atoms with van der Waals surface area (Å²) in [6.45, 7) is 5.84. The molecule has 3 heterocycles.